The van der Waals surface area contributed by atoms with Gasteiger partial charge in [0.15, 0.2) is 5.58 Å². The number of carbonyl (C=O) groups excluding carboxylic acids is 2. The number of rotatable bonds is 11. The van der Waals surface area contributed by atoms with Crippen LogP contribution < -0.4 is 20.1 Å². The normalized spacial score (nSPS) is 14.8. The molecule has 0 fully saturated rings. The smallest absolute Gasteiger partial charge is 0.294 e. The summed E-state index contributed by atoms with van der Waals surface area (Å²) >= 11 is 0. The third-order valence-electron chi connectivity index (χ3n) is 8.00. The van der Waals surface area contributed by atoms with E-state index in [1.807, 2.05) is 56.7 Å². The number of amides is 2. The van der Waals surface area contributed by atoms with Crippen LogP contribution in [0, 0.1) is 12.3 Å². The zero-order chi connectivity index (χ0) is 30.7. The van der Waals surface area contributed by atoms with E-state index in [4.69, 9.17) is 9.15 Å². The second-order valence-corrected chi connectivity index (χ2v) is 11.6. The number of carbonyl (C=O) groups is 2. The van der Waals surface area contributed by atoms with Crippen LogP contribution in [0.4, 0.5) is 11.4 Å². The predicted octanol–water partition coefficient (Wildman–Crippen LogP) is 4.62. The summed E-state index contributed by atoms with van der Waals surface area (Å²) in [6.07, 6.45) is 7.79. The van der Waals surface area contributed by atoms with E-state index in [2.05, 4.69) is 16.0 Å². The number of anilines is 2. The van der Waals surface area contributed by atoms with Crippen LogP contribution in [0.3, 0.4) is 0 Å². The molecule has 4 aromatic rings. The van der Waals surface area contributed by atoms with Crippen LogP contribution in [0.2, 0.25) is 0 Å². The van der Waals surface area contributed by atoms with Crippen LogP contribution in [0.15, 0.2) is 70.5 Å². The third-order valence-corrected chi connectivity index (χ3v) is 8.00. The van der Waals surface area contributed by atoms with Crippen molar-refractivity contribution in [3.63, 3.8) is 0 Å². The lowest BCUT2D eigenvalue weighted by Crippen LogP contribution is -2.47. The summed E-state index contributed by atoms with van der Waals surface area (Å²) in [5.74, 6) is 0.169. The molecule has 10 heteroatoms. The highest BCUT2D eigenvalue weighted by Crippen LogP contribution is 2.40. The number of furan rings is 1. The van der Waals surface area contributed by atoms with Crippen LogP contribution in [-0.4, -0.2) is 59.6 Å². The van der Waals surface area contributed by atoms with Crippen molar-refractivity contribution in [2.75, 3.05) is 43.1 Å². The van der Waals surface area contributed by atoms with Crippen molar-refractivity contribution >= 4 is 34.2 Å². The van der Waals surface area contributed by atoms with E-state index >= 15 is 0 Å². The molecule has 0 unspecified atom stereocenters. The predicted molar refractivity (Wildman–Crippen MR) is 166 cm³/mol. The molecular formula is C33H39N5O5. The van der Waals surface area contributed by atoms with E-state index in [0.717, 1.165) is 29.5 Å². The number of benzene rings is 1. The van der Waals surface area contributed by atoms with Crippen molar-refractivity contribution in [1.82, 2.24) is 14.5 Å². The van der Waals surface area contributed by atoms with Gasteiger partial charge in [-0.1, -0.05) is 6.07 Å². The largest absolute Gasteiger partial charge is 0.493 e. The van der Waals surface area contributed by atoms with Crippen molar-refractivity contribution in [3.05, 3.63) is 82.7 Å². The highest BCUT2D eigenvalue weighted by molar-refractivity contribution is 6.20. The lowest BCUT2D eigenvalue weighted by molar-refractivity contribution is -0.137. The van der Waals surface area contributed by atoms with Gasteiger partial charge in [0.05, 0.1) is 24.2 Å². The van der Waals surface area contributed by atoms with Crippen molar-refractivity contribution in [3.8, 4) is 5.75 Å². The minimum atomic E-state index is -1.16. The number of aryl methyl sites for hydroxylation is 1. The maximum Gasteiger partial charge on any atom is 0.294 e. The Morgan fingerprint density at radius 2 is 1.81 bits per heavy atom. The van der Waals surface area contributed by atoms with Crippen LogP contribution in [0.5, 0.6) is 5.75 Å². The molecule has 43 heavy (non-hydrogen) atoms. The van der Waals surface area contributed by atoms with Gasteiger partial charge < -0.3 is 23.5 Å². The Kier molecular flexibility index (Phi) is 8.68. The number of hydrogen-bond donors (Lipinski definition) is 0. The fourth-order valence-electron chi connectivity index (χ4n) is 5.60. The number of hydrogen-bond acceptors (Lipinski definition) is 7. The number of fused-ring (bicyclic) bond motifs is 2. The lowest BCUT2D eigenvalue weighted by Gasteiger charge is -2.27. The molecule has 2 amide bonds. The van der Waals surface area contributed by atoms with Crippen LogP contribution >= 0.6 is 0 Å². The first kappa shape index (κ1) is 30.0. The molecule has 0 saturated carbocycles. The molecule has 0 spiro atoms. The number of nitrogens with zero attached hydrogens (tertiary/aromatic N) is 5. The standard InChI is InChI=1S/C33H39N5O5/c1-6-38-27-9-8-26(19-28(27)35(5)31(40)33(3,4)32(38)41)42-16-7-12-36(22-24-18-23(2)20-34-21-24)14-15-37-13-10-25-11-17-43-29(25)30(37)39/h8-11,13,17-21H,6-7,12,14-16,22H2,1-5H3. The first-order chi connectivity index (χ1) is 20.6. The van der Waals surface area contributed by atoms with E-state index in [1.165, 1.54) is 6.26 Å². The highest BCUT2D eigenvalue weighted by Gasteiger charge is 2.45. The molecule has 0 bridgehead atoms. The van der Waals surface area contributed by atoms with Crippen molar-refractivity contribution in [2.45, 2.75) is 47.2 Å². The molecule has 226 valence electrons. The lowest BCUT2D eigenvalue weighted by atomic mass is 9.90. The van der Waals surface area contributed by atoms with Gasteiger partial charge in [-0.25, -0.2) is 0 Å². The van der Waals surface area contributed by atoms with Gasteiger partial charge in [0.1, 0.15) is 11.2 Å². The summed E-state index contributed by atoms with van der Waals surface area (Å²) < 4.78 is 13.2. The summed E-state index contributed by atoms with van der Waals surface area (Å²) in [5, 5.41) is 0.798. The topological polar surface area (TPSA) is 101 Å². The number of aromatic nitrogens is 2. The molecule has 0 atom stereocenters. The summed E-state index contributed by atoms with van der Waals surface area (Å²) in [6.45, 7) is 10.8. The Balaban J connectivity index is 1.26. The molecular weight excluding hydrogens is 546 g/mol. The van der Waals surface area contributed by atoms with Crippen molar-refractivity contribution in [2.24, 2.45) is 5.41 Å². The molecule has 0 radical (unpaired) electrons. The minimum absolute atomic E-state index is 0.138. The summed E-state index contributed by atoms with van der Waals surface area (Å²) in [4.78, 5) is 49.0. The Hall–Kier alpha value is -4.44. The molecule has 1 aliphatic rings. The SMILES string of the molecule is CCN1C(=O)C(C)(C)C(=O)N(C)c2cc(OCCCN(CCn3ccc4ccoc4c3=O)Cc3cncc(C)c3)ccc21. The molecule has 0 N–H and O–H groups in total. The monoisotopic (exact) mass is 585 g/mol. The maximum atomic E-state index is 13.2. The van der Waals surface area contributed by atoms with Crippen molar-refractivity contribution < 1.29 is 18.7 Å². The summed E-state index contributed by atoms with van der Waals surface area (Å²) in [7, 11) is 1.70. The quantitative estimate of drug-likeness (QED) is 0.187. The Morgan fingerprint density at radius 1 is 1.00 bits per heavy atom. The fraction of sp³-hybridized carbons (Fsp3) is 0.394. The van der Waals surface area contributed by atoms with E-state index in [9.17, 15) is 14.4 Å². The third kappa shape index (κ3) is 6.19. The van der Waals surface area contributed by atoms with Gasteiger partial charge in [-0.2, -0.15) is 0 Å². The van der Waals surface area contributed by atoms with Crippen molar-refractivity contribution in [1.29, 1.82) is 0 Å². The van der Waals surface area contributed by atoms with Gasteiger partial charge in [-0.3, -0.25) is 24.3 Å². The minimum Gasteiger partial charge on any atom is -0.493 e. The molecule has 0 aliphatic carbocycles. The van der Waals surface area contributed by atoms with Gasteiger partial charge in [-0.15, -0.1) is 0 Å². The molecule has 0 saturated heterocycles. The molecule has 3 aromatic heterocycles. The molecule has 5 rings (SSSR count). The second-order valence-electron chi connectivity index (χ2n) is 11.6. The van der Waals surface area contributed by atoms with Gasteiger partial charge >= 0.3 is 0 Å². The first-order valence-corrected chi connectivity index (χ1v) is 14.7. The molecule has 4 heterocycles. The van der Waals surface area contributed by atoms with Gasteiger partial charge in [0.25, 0.3) is 5.56 Å². The average Bonchev–Trinajstić information content (AvgIpc) is 3.47. The maximum absolute atomic E-state index is 13.2. The zero-order valence-electron chi connectivity index (χ0n) is 25.5. The van der Waals surface area contributed by atoms with Crippen LogP contribution in [0.1, 0.15) is 38.3 Å². The van der Waals surface area contributed by atoms with Crippen LogP contribution in [-0.2, 0) is 22.7 Å². The Morgan fingerprint density at radius 3 is 2.58 bits per heavy atom. The fourth-order valence-corrected chi connectivity index (χ4v) is 5.60. The Bertz CT molecular complexity index is 1690. The summed E-state index contributed by atoms with van der Waals surface area (Å²) in [6, 6.07) is 11.3. The zero-order valence-corrected chi connectivity index (χ0v) is 25.5. The van der Waals surface area contributed by atoms with Gasteiger partial charge in [-0.05, 0) is 69.5 Å². The first-order valence-electron chi connectivity index (χ1n) is 14.7. The highest BCUT2D eigenvalue weighted by atomic mass is 16.5. The number of pyridine rings is 2. The second kappa shape index (κ2) is 12.4. The van der Waals surface area contributed by atoms with E-state index in [-0.39, 0.29) is 17.4 Å². The molecule has 1 aromatic carbocycles. The van der Waals surface area contributed by atoms with E-state index < -0.39 is 5.41 Å². The van der Waals surface area contributed by atoms with E-state index in [0.29, 0.717) is 55.5 Å². The molecule has 1 aliphatic heterocycles. The van der Waals surface area contributed by atoms with Gasteiger partial charge in [0.2, 0.25) is 11.8 Å². The van der Waals surface area contributed by atoms with Gasteiger partial charge in [0, 0.05) is 69.8 Å². The van der Waals surface area contributed by atoms with E-state index in [1.54, 1.807) is 41.3 Å². The summed E-state index contributed by atoms with van der Waals surface area (Å²) in [5.41, 5.74) is 2.62. The molecule has 10 nitrogen and oxygen atoms in total. The number of ether oxygens (including phenoxy) is 1. The Labute approximate surface area is 251 Å². The average molecular weight is 586 g/mol. The van der Waals surface area contributed by atoms with Crippen LogP contribution in [0.25, 0.3) is 11.0 Å².